The molecule has 2 aromatic carbocycles. The Kier molecular flexibility index (Phi) is 4.80. The second-order valence-electron chi connectivity index (χ2n) is 4.62. The second-order valence-corrected chi connectivity index (χ2v) is 5.78. The van der Waals surface area contributed by atoms with E-state index in [2.05, 4.69) is 60.0 Å². The molecule has 1 atom stereocenters. The van der Waals surface area contributed by atoms with Crippen LogP contribution in [0.4, 0.5) is 10.1 Å². The zero-order valence-corrected chi connectivity index (χ0v) is 13.2. The summed E-state index contributed by atoms with van der Waals surface area (Å²) >= 11 is 2.34. The minimum atomic E-state index is -0.191. The average Bonchev–Trinajstić information content (AvgIpc) is 2.41. The van der Waals surface area contributed by atoms with Gasteiger partial charge >= 0.3 is 0 Å². The molecule has 2 aromatic rings. The smallest absolute Gasteiger partial charge is 0.123 e. The fourth-order valence-electron chi connectivity index (χ4n) is 2.00. The predicted octanol–water partition coefficient (Wildman–Crippen LogP) is 5.30. The van der Waals surface area contributed by atoms with Gasteiger partial charge in [0.05, 0.1) is 6.04 Å². The van der Waals surface area contributed by atoms with Crippen LogP contribution in [0, 0.1) is 16.3 Å². The molecule has 0 amide bonds. The fraction of sp³-hybridized carbons (Fsp3) is 0.250. The maximum Gasteiger partial charge on any atom is 0.123 e. The number of rotatable bonds is 4. The first-order valence-corrected chi connectivity index (χ1v) is 7.46. The third-order valence-corrected chi connectivity index (χ3v) is 4.36. The molecule has 0 fully saturated rings. The van der Waals surface area contributed by atoms with Gasteiger partial charge in [-0.05, 0) is 71.3 Å². The average molecular weight is 369 g/mol. The highest BCUT2D eigenvalue weighted by atomic mass is 127. The molecular formula is C16H17FIN. The molecule has 1 N–H and O–H groups in total. The lowest BCUT2D eigenvalue weighted by Crippen LogP contribution is -2.09. The molecule has 3 heteroatoms. The molecule has 0 aromatic heterocycles. The molecule has 0 bridgehead atoms. The van der Waals surface area contributed by atoms with Crippen molar-refractivity contribution >= 4 is 28.3 Å². The molecular weight excluding hydrogens is 352 g/mol. The Labute approximate surface area is 127 Å². The predicted molar refractivity (Wildman–Crippen MR) is 87.0 cm³/mol. The monoisotopic (exact) mass is 369 g/mol. The summed E-state index contributed by atoms with van der Waals surface area (Å²) in [6.45, 7) is 4.23. The van der Waals surface area contributed by atoms with Gasteiger partial charge in [0.15, 0.2) is 0 Å². The maximum atomic E-state index is 13.0. The van der Waals surface area contributed by atoms with Gasteiger partial charge in [-0.25, -0.2) is 4.39 Å². The molecule has 0 aliphatic rings. The van der Waals surface area contributed by atoms with Gasteiger partial charge in [-0.15, -0.1) is 0 Å². The van der Waals surface area contributed by atoms with E-state index in [1.54, 1.807) is 0 Å². The molecule has 0 radical (unpaired) electrons. The number of hydrogen-bond acceptors (Lipinski definition) is 1. The Balaban J connectivity index is 2.18. The minimum absolute atomic E-state index is 0.191. The number of hydrogen-bond donors (Lipinski definition) is 1. The number of anilines is 1. The summed E-state index contributed by atoms with van der Waals surface area (Å²) in [5.41, 5.74) is 3.49. The van der Waals surface area contributed by atoms with Crippen LogP contribution in [0.1, 0.15) is 30.5 Å². The highest BCUT2D eigenvalue weighted by Crippen LogP contribution is 2.24. The van der Waals surface area contributed by atoms with Gasteiger partial charge in [0.2, 0.25) is 0 Å². The van der Waals surface area contributed by atoms with Crippen molar-refractivity contribution in [3.8, 4) is 0 Å². The van der Waals surface area contributed by atoms with Gasteiger partial charge in [0.1, 0.15) is 5.82 Å². The number of benzene rings is 2. The number of nitrogens with one attached hydrogen (secondary N) is 1. The quantitative estimate of drug-likeness (QED) is 0.721. The Hall–Kier alpha value is -1.10. The molecule has 0 heterocycles. The Morgan fingerprint density at radius 2 is 1.84 bits per heavy atom. The summed E-state index contributed by atoms with van der Waals surface area (Å²) in [5, 5.41) is 3.51. The van der Waals surface area contributed by atoms with E-state index in [0.29, 0.717) is 0 Å². The topological polar surface area (TPSA) is 12.0 Å². The first-order chi connectivity index (χ1) is 9.10. The van der Waals surface area contributed by atoms with E-state index in [-0.39, 0.29) is 11.9 Å². The lowest BCUT2D eigenvalue weighted by atomic mass is 10.0. The van der Waals surface area contributed by atoms with Crippen LogP contribution in [-0.4, -0.2) is 0 Å². The Morgan fingerprint density at radius 3 is 2.42 bits per heavy atom. The van der Waals surface area contributed by atoms with Gasteiger partial charge in [0, 0.05) is 9.26 Å². The number of aryl methyl sites for hydroxylation is 1. The van der Waals surface area contributed by atoms with Crippen LogP contribution in [0.5, 0.6) is 0 Å². The summed E-state index contributed by atoms with van der Waals surface area (Å²) in [7, 11) is 0. The van der Waals surface area contributed by atoms with Crippen molar-refractivity contribution in [2.45, 2.75) is 26.3 Å². The van der Waals surface area contributed by atoms with Crippen LogP contribution in [0.25, 0.3) is 0 Å². The van der Waals surface area contributed by atoms with Crippen LogP contribution in [-0.2, 0) is 0 Å². The van der Waals surface area contributed by atoms with Crippen molar-refractivity contribution in [1.29, 1.82) is 0 Å². The van der Waals surface area contributed by atoms with Gasteiger partial charge in [-0.2, -0.15) is 0 Å². The SMILES string of the molecule is CCC(Nc1ccc(C)c(I)c1)c1ccc(F)cc1. The molecule has 0 spiro atoms. The Bertz CT molecular complexity index is 551. The third kappa shape index (κ3) is 3.69. The van der Waals surface area contributed by atoms with Crippen molar-refractivity contribution in [3.63, 3.8) is 0 Å². The largest absolute Gasteiger partial charge is 0.378 e. The lowest BCUT2D eigenvalue weighted by Gasteiger charge is -2.19. The van der Waals surface area contributed by atoms with Gasteiger partial charge < -0.3 is 5.32 Å². The summed E-state index contributed by atoms with van der Waals surface area (Å²) in [5.74, 6) is -0.191. The standard InChI is InChI=1S/C16H17FIN/c1-3-16(12-5-7-13(17)8-6-12)19-14-9-4-11(2)15(18)10-14/h4-10,16,19H,3H2,1-2H3. The zero-order chi connectivity index (χ0) is 13.8. The van der Waals surface area contributed by atoms with E-state index in [0.717, 1.165) is 17.7 Å². The third-order valence-electron chi connectivity index (χ3n) is 3.19. The number of halogens is 2. The highest BCUT2D eigenvalue weighted by molar-refractivity contribution is 14.1. The molecule has 0 aliphatic heterocycles. The van der Waals surface area contributed by atoms with E-state index < -0.39 is 0 Å². The fourth-order valence-corrected chi connectivity index (χ4v) is 2.52. The van der Waals surface area contributed by atoms with E-state index >= 15 is 0 Å². The molecule has 0 saturated heterocycles. The van der Waals surface area contributed by atoms with Crippen molar-refractivity contribution in [2.24, 2.45) is 0 Å². The first kappa shape index (κ1) is 14.3. The van der Waals surface area contributed by atoms with Gasteiger partial charge in [-0.3, -0.25) is 0 Å². The normalized spacial score (nSPS) is 12.2. The van der Waals surface area contributed by atoms with E-state index in [1.165, 1.54) is 21.3 Å². The summed E-state index contributed by atoms with van der Waals surface area (Å²) in [6.07, 6.45) is 0.954. The van der Waals surface area contributed by atoms with Crippen LogP contribution in [0.3, 0.4) is 0 Å². The summed E-state index contributed by atoms with van der Waals surface area (Å²) in [6, 6.07) is 13.3. The zero-order valence-electron chi connectivity index (χ0n) is 11.1. The first-order valence-electron chi connectivity index (χ1n) is 6.38. The molecule has 2 rings (SSSR count). The molecule has 0 aliphatic carbocycles. The van der Waals surface area contributed by atoms with E-state index in [4.69, 9.17) is 0 Å². The van der Waals surface area contributed by atoms with Crippen LogP contribution in [0.15, 0.2) is 42.5 Å². The molecule has 1 unspecified atom stereocenters. The van der Waals surface area contributed by atoms with E-state index in [1.807, 2.05) is 12.1 Å². The van der Waals surface area contributed by atoms with Crippen molar-refractivity contribution in [2.75, 3.05) is 5.32 Å². The molecule has 0 saturated carbocycles. The van der Waals surface area contributed by atoms with Crippen LogP contribution in [0.2, 0.25) is 0 Å². The molecule has 19 heavy (non-hydrogen) atoms. The lowest BCUT2D eigenvalue weighted by molar-refractivity contribution is 0.625. The van der Waals surface area contributed by atoms with Crippen molar-refractivity contribution < 1.29 is 4.39 Å². The van der Waals surface area contributed by atoms with Crippen molar-refractivity contribution in [3.05, 3.63) is 63.0 Å². The maximum absolute atomic E-state index is 13.0. The highest BCUT2D eigenvalue weighted by Gasteiger charge is 2.09. The van der Waals surface area contributed by atoms with Crippen LogP contribution >= 0.6 is 22.6 Å². The Morgan fingerprint density at radius 1 is 1.16 bits per heavy atom. The van der Waals surface area contributed by atoms with Gasteiger partial charge in [-0.1, -0.05) is 25.1 Å². The van der Waals surface area contributed by atoms with Gasteiger partial charge in [0.25, 0.3) is 0 Å². The summed E-state index contributed by atoms with van der Waals surface area (Å²) < 4.78 is 14.2. The molecule has 1 nitrogen and oxygen atoms in total. The van der Waals surface area contributed by atoms with Crippen LogP contribution < -0.4 is 5.32 Å². The second kappa shape index (κ2) is 6.37. The molecule has 100 valence electrons. The summed E-state index contributed by atoms with van der Waals surface area (Å²) in [4.78, 5) is 0. The minimum Gasteiger partial charge on any atom is -0.378 e. The van der Waals surface area contributed by atoms with E-state index in [9.17, 15) is 4.39 Å². The van der Waals surface area contributed by atoms with Crippen molar-refractivity contribution in [1.82, 2.24) is 0 Å².